The van der Waals surface area contributed by atoms with Crippen LogP contribution in [-0.4, -0.2) is 26.0 Å². The maximum atomic E-state index is 11.1. The monoisotopic (exact) mass is 275 g/mol. The third-order valence-corrected chi connectivity index (χ3v) is 5.29. The third-order valence-electron chi connectivity index (χ3n) is 4.26. The van der Waals surface area contributed by atoms with Crippen LogP contribution in [0.15, 0.2) is 0 Å². The fourth-order valence-electron chi connectivity index (χ4n) is 2.97. The van der Waals surface area contributed by atoms with Gasteiger partial charge >= 0.3 is 0 Å². The second-order valence-electron chi connectivity index (χ2n) is 6.18. The number of nitrogens with two attached hydrogens (primary N) is 1. The first-order valence-electron chi connectivity index (χ1n) is 7.31. The Labute approximate surface area is 112 Å². The highest BCUT2D eigenvalue weighted by molar-refractivity contribution is 7.90. The van der Waals surface area contributed by atoms with Gasteiger partial charge in [0.1, 0.15) is 9.84 Å². The number of unbranched alkanes of at least 4 members (excludes halogenated alkanes) is 1. The third kappa shape index (κ3) is 6.19. The zero-order valence-electron chi connectivity index (χ0n) is 12.0. The normalized spacial score (nSPS) is 29.4. The first-order chi connectivity index (χ1) is 8.35. The molecule has 0 amide bonds. The molecule has 2 N–H and O–H groups in total. The van der Waals surface area contributed by atoms with Crippen LogP contribution in [0.1, 0.15) is 64.7 Å². The molecule has 0 atom stereocenters. The van der Waals surface area contributed by atoms with Gasteiger partial charge in [-0.2, -0.15) is 0 Å². The van der Waals surface area contributed by atoms with Crippen molar-refractivity contribution in [2.75, 3.05) is 12.0 Å². The lowest BCUT2D eigenvalue weighted by Crippen LogP contribution is -2.43. The van der Waals surface area contributed by atoms with E-state index in [9.17, 15) is 8.42 Å². The van der Waals surface area contributed by atoms with Gasteiger partial charge in [0.25, 0.3) is 0 Å². The molecular weight excluding hydrogens is 246 g/mol. The molecular formula is C14H29NO2S. The molecule has 0 aromatic rings. The summed E-state index contributed by atoms with van der Waals surface area (Å²) in [5, 5.41) is 0. The molecule has 18 heavy (non-hydrogen) atoms. The van der Waals surface area contributed by atoms with Crippen LogP contribution >= 0.6 is 0 Å². The van der Waals surface area contributed by atoms with E-state index < -0.39 is 9.84 Å². The largest absolute Gasteiger partial charge is 0.325 e. The Kier molecular flexibility index (Phi) is 6.12. The van der Waals surface area contributed by atoms with E-state index in [1.165, 1.54) is 38.4 Å². The van der Waals surface area contributed by atoms with E-state index in [1.54, 1.807) is 0 Å². The summed E-state index contributed by atoms with van der Waals surface area (Å²) < 4.78 is 22.2. The molecule has 3 nitrogen and oxygen atoms in total. The Morgan fingerprint density at radius 2 is 1.83 bits per heavy atom. The lowest BCUT2D eigenvalue weighted by molar-refractivity contribution is 0.211. The summed E-state index contributed by atoms with van der Waals surface area (Å²) in [6, 6.07) is 0. The number of rotatable bonds is 7. The summed E-state index contributed by atoms with van der Waals surface area (Å²) in [4.78, 5) is 0. The van der Waals surface area contributed by atoms with E-state index in [-0.39, 0.29) is 11.3 Å². The van der Waals surface area contributed by atoms with Crippen molar-refractivity contribution in [2.24, 2.45) is 11.7 Å². The fraction of sp³-hybridized carbons (Fsp3) is 1.00. The highest BCUT2D eigenvalue weighted by atomic mass is 32.2. The van der Waals surface area contributed by atoms with Crippen LogP contribution in [0.3, 0.4) is 0 Å². The van der Waals surface area contributed by atoms with Crippen molar-refractivity contribution in [3.8, 4) is 0 Å². The predicted octanol–water partition coefficient (Wildman–Crippen LogP) is 2.89. The molecule has 0 aromatic carbocycles. The lowest BCUT2D eigenvalue weighted by Gasteiger charge is -2.37. The second-order valence-corrected chi connectivity index (χ2v) is 8.44. The summed E-state index contributed by atoms with van der Waals surface area (Å²) in [6.07, 6.45) is 11.4. The van der Waals surface area contributed by atoms with Crippen LogP contribution in [-0.2, 0) is 9.84 Å². The van der Waals surface area contributed by atoms with Gasteiger partial charge in [-0.05, 0) is 44.4 Å². The average molecular weight is 275 g/mol. The molecule has 1 fully saturated rings. The average Bonchev–Trinajstić information content (AvgIpc) is 2.26. The first kappa shape index (κ1) is 16.0. The van der Waals surface area contributed by atoms with Gasteiger partial charge in [-0.3, -0.25) is 0 Å². The van der Waals surface area contributed by atoms with Crippen LogP contribution in [0, 0.1) is 5.92 Å². The van der Waals surface area contributed by atoms with Crippen molar-refractivity contribution >= 4 is 9.84 Å². The van der Waals surface area contributed by atoms with Crippen molar-refractivity contribution in [1.82, 2.24) is 0 Å². The molecule has 0 heterocycles. The number of hydrogen-bond donors (Lipinski definition) is 1. The smallest absolute Gasteiger partial charge is 0.147 e. The Morgan fingerprint density at radius 3 is 2.33 bits per heavy atom. The van der Waals surface area contributed by atoms with Crippen molar-refractivity contribution in [1.29, 1.82) is 0 Å². The lowest BCUT2D eigenvalue weighted by atomic mass is 9.73. The van der Waals surface area contributed by atoms with Crippen molar-refractivity contribution in [3.63, 3.8) is 0 Å². The van der Waals surface area contributed by atoms with E-state index in [1.807, 2.05) is 0 Å². The minimum Gasteiger partial charge on any atom is -0.325 e. The zero-order valence-corrected chi connectivity index (χ0v) is 12.8. The Bertz CT molecular complexity index is 330. The maximum absolute atomic E-state index is 11.1. The SMILES string of the molecule is CCCCC1CCC(N)(CCCS(C)(=O)=O)CC1. The molecule has 108 valence electrons. The van der Waals surface area contributed by atoms with E-state index in [0.29, 0.717) is 0 Å². The van der Waals surface area contributed by atoms with Gasteiger partial charge in [0.05, 0.1) is 0 Å². The molecule has 0 radical (unpaired) electrons. The summed E-state index contributed by atoms with van der Waals surface area (Å²) in [5.74, 6) is 1.14. The van der Waals surface area contributed by atoms with Gasteiger partial charge in [-0.15, -0.1) is 0 Å². The minimum atomic E-state index is -2.83. The van der Waals surface area contributed by atoms with E-state index in [4.69, 9.17) is 5.73 Å². The molecule has 0 aliphatic heterocycles. The van der Waals surface area contributed by atoms with E-state index in [0.717, 1.165) is 31.6 Å². The Balaban J connectivity index is 2.26. The number of hydrogen-bond acceptors (Lipinski definition) is 3. The molecule has 0 unspecified atom stereocenters. The fourth-order valence-corrected chi connectivity index (χ4v) is 3.64. The summed E-state index contributed by atoms with van der Waals surface area (Å²) >= 11 is 0. The summed E-state index contributed by atoms with van der Waals surface area (Å²) in [7, 11) is -2.83. The van der Waals surface area contributed by atoms with Crippen LogP contribution in [0.4, 0.5) is 0 Å². The molecule has 0 spiro atoms. The van der Waals surface area contributed by atoms with Crippen LogP contribution in [0.5, 0.6) is 0 Å². The van der Waals surface area contributed by atoms with E-state index in [2.05, 4.69) is 6.92 Å². The van der Waals surface area contributed by atoms with E-state index >= 15 is 0 Å². The highest BCUT2D eigenvalue weighted by Crippen LogP contribution is 2.35. The van der Waals surface area contributed by atoms with Gasteiger partial charge in [-0.25, -0.2) is 8.42 Å². The molecule has 4 heteroatoms. The molecule has 1 saturated carbocycles. The van der Waals surface area contributed by atoms with Gasteiger partial charge in [-0.1, -0.05) is 26.2 Å². The topological polar surface area (TPSA) is 60.2 Å². The molecule has 1 rings (SSSR count). The first-order valence-corrected chi connectivity index (χ1v) is 9.37. The second kappa shape index (κ2) is 6.90. The predicted molar refractivity (Wildman–Crippen MR) is 77.3 cm³/mol. The van der Waals surface area contributed by atoms with Crippen LogP contribution < -0.4 is 5.73 Å². The van der Waals surface area contributed by atoms with Gasteiger partial charge in [0.2, 0.25) is 0 Å². The summed E-state index contributed by atoms with van der Waals surface area (Å²) in [5.41, 5.74) is 6.29. The minimum absolute atomic E-state index is 0.0899. The van der Waals surface area contributed by atoms with Crippen molar-refractivity contribution in [2.45, 2.75) is 70.3 Å². The standard InChI is InChI=1S/C14H29NO2S/c1-3-4-6-13-7-10-14(15,11-8-13)9-5-12-18(2,16)17/h13H,3-12,15H2,1-2H3. The van der Waals surface area contributed by atoms with Crippen molar-refractivity contribution < 1.29 is 8.42 Å². The molecule has 0 bridgehead atoms. The maximum Gasteiger partial charge on any atom is 0.147 e. The summed E-state index contributed by atoms with van der Waals surface area (Å²) in [6.45, 7) is 2.24. The molecule has 1 aliphatic rings. The Hall–Kier alpha value is -0.0900. The quantitative estimate of drug-likeness (QED) is 0.777. The molecule has 1 aliphatic carbocycles. The van der Waals surface area contributed by atoms with Gasteiger partial charge in [0.15, 0.2) is 0 Å². The highest BCUT2D eigenvalue weighted by Gasteiger charge is 2.31. The van der Waals surface area contributed by atoms with Crippen molar-refractivity contribution in [3.05, 3.63) is 0 Å². The zero-order chi connectivity index (χ0) is 13.6. The van der Waals surface area contributed by atoms with Gasteiger partial charge < -0.3 is 5.73 Å². The van der Waals surface area contributed by atoms with Crippen LogP contribution in [0.25, 0.3) is 0 Å². The van der Waals surface area contributed by atoms with Gasteiger partial charge in [0, 0.05) is 17.5 Å². The number of sulfone groups is 1. The Morgan fingerprint density at radius 1 is 1.22 bits per heavy atom. The molecule has 0 saturated heterocycles. The molecule has 0 aromatic heterocycles. The van der Waals surface area contributed by atoms with Crippen LogP contribution in [0.2, 0.25) is 0 Å².